The maximum absolute atomic E-state index is 13.2. The molecule has 2 aromatic rings. The van der Waals surface area contributed by atoms with E-state index >= 15 is 0 Å². The number of benzene rings is 2. The van der Waals surface area contributed by atoms with Gasteiger partial charge in [-0.05, 0) is 72.7 Å². The fourth-order valence-electron chi connectivity index (χ4n) is 3.30. The largest absolute Gasteiger partial charge is 0.386 e. The first-order valence-corrected chi connectivity index (χ1v) is 12.0. The molecule has 0 radical (unpaired) electrons. The highest BCUT2D eigenvalue weighted by atomic mass is 32.2. The molecule has 2 aromatic carbocycles. The molecule has 0 saturated heterocycles. The maximum atomic E-state index is 13.2. The van der Waals surface area contributed by atoms with E-state index in [1.807, 2.05) is 33.8 Å². The van der Waals surface area contributed by atoms with Crippen LogP contribution in [0.25, 0.3) is 0 Å². The van der Waals surface area contributed by atoms with Crippen LogP contribution in [0.5, 0.6) is 0 Å². The maximum Gasteiger partial charge on any atom is 0.354 e. The standard InChI is InChI=1S/C24H29N5O3S/c1-14(2)20-9-17(13-26)10-21(15(3)4)22(20)28-23(30)29-33(27,32)19-8-16(12-25)7-18(11-19)24(5,6)31/h7-11,14-15,31H,1-6H3,(H3,27,28,29,30,32)/t33-/m1/s1. The second kappa shape index (κ2) is 9.72. The Kier molecular flexibility index (Phi) is 7.66. The number of rotatable bonds is 5. The summed E-state index contributed by atoms with van der Waals surface area (Å²) < 4.78 is 16.9. The van der Waals surface area contributed by atoms with Gasteiger partial charge in [0.15, 0.2) is 0 Å². The summed E-state index contributed by atoms with van der Waals surface area (Å²) >= 11 is 0. The van der Waals surface area contributed by atoms with Gasteiger partial charge in [-0.1, -0.05) is 27.7 Å². The Bertz CT molecular complexity index is 1260. The zero-order valence-electron chi connectivity index (χ0n) is 19.6. The summed E-state index contributed by atoms with van der Waals surface area (Å²) in [7, 11) is -3.73. The number of nitrogens with zero attached hydrogens (tertiary/aromatic N) is 3. The van der Waals surface area contributed by atoms with E-state index in [1.54, 1.807) is 12.1 Å². The summed E-state index contributed by atoms with van der Waals surface area (Å²) in [5.74, 6) is -0.00929. The molecule has 0 aliphatic rings. The minimum atomic E-state index is -3.73. The van der Waals surface area contributed by atoms with Gasteiger partial charge in [-0.15, -0.1) is 4.36 Å². The van der Waals surface area contributed by atoms with Gasteiger partial charge in [-0.3, -0.25) is 0 Å². The van der Waals surface area contributed by atoms with Gasteiger partial charge in [-0.25, -0.2) is 14.1 Å². The fraction of sp³-hybridized carbons (Fsp3) is 0.375. The minimum Gasteiger partial charge on any atom is -0.386 e. The number of carbonyl (C=O) groups excluding carboxylic acids is 1. The first-order chi connectivity index (χ1) is 15.2. The first-order valence-electron chi connectivity index (χ1n) is 10.4. The van der Waals surface area contributed by atoms with Crippen LogP contribution in [0.1, 0.15) is 81.2 Å². The van der Waals surface area contributed by atoms with Gasteiger partial charge in [-0.2, -0.15) is 10.5 Å². The average molecular weight is 468 g/mol. The van der Waals surface area contributed by atoms with Crippen LogP contribution in [-0.4, -0.2) is 15.3 Å². The lowest BCUT2D eigenvalue weighted by atomic mass is 9.90. The van der Waals surface area contributed by atoms with E-state index in [9.17, 15) is 24.6 Å². The zero-order valence-corrected chi connectivity index (χ0v) is 20.4. The predicted octanol–water partition coefficient (Wildman–Crippen LogP) is 4.84. The normalized spacial score (nSPS) is 13.2. The molecule has 33 heavy (non-hydrogen) atoms. The minimum absolute atomic E-state index is 0.00464. The molecule has 8 nitrogen and oxygen atoms in total. The van der Waals surface area contributed by atoms with Crippen molar-refractivity contribution in [1.82, 2.24) is 0 Å². The molecule has 0 aromatic heterocycles. The van der Waals surface area contributed by atoms with Crippen molar-refractivity contribution in [3.05, 3.63) is 58.1 Å². The molecule has 1 atom stereocenters. The van der Waals surface area contributed by atoms with Crippen molar-refractivity contribution in [2.45, 2.75) is 63.9 Å². The second-order valence-electron chi connectivity index (χ2n) is 8.96. The summed E-state index contributed by atoms with van der Waals surface area (Å²) in [5, 5.41) is 37.6. The number of amides is 2. The van der Waals surface area contributed by atoms with Crippen LogP contribution >= 0.6 is 0 Å². The number of anilines is 1. The summed E-state index contributed by atoms with van der Waals surface area (Å²) in [6.45, 7) is 10.8. The topological polar surface area (TPSA) is 152 Å². The van der Waals surface area contributed by atoms with Crippen molar-refractivity contribution in [3.63, 3.8) is 0 Å². The Labute approximate surface area is 195 Å². The molecular formula is C24H29N5O3S. The molecule has 0 fully saturated rings. The summed E-state index contributed by atoms with van der Waals surface area (Å²) in [6.07, 6.45) is 0. The Hall–Kier alpha value is -3.24. The number of nitrogens with two attached hydrogens (primary N) is 1. The van der Waals surface area contributed by atoms with E-state index < -0.39 is 21.5 Å². The summed E-state index contributed by atoms with van der Waals surface area (Å²) in [6, 6.07) is 10.7. The first kappa shape index (κ1) is 26.0. The van der Waals surface area contributed by atoms with Gasteiger partial charge in [0.1, 0.15) is 9.92 Å². The van der Waals surface area contributed by atoms with E-state index in [2.05, 4.69) is 15.7 Å². The SMILES string of the molecule is CC(C)c1cc(C#N)cc(C(C)C)c1NC(=O)N=[S@@](N)(=O)c1cc(C#N)cc(C(C)(C)O)c1. The molecule has 0 unspecified atom stereocenters. The molecule has 0 bridgehead atoms. The molecule has 4 N–H and O–H groups in total. The van der Waals surface area contributed by atoms with Gasteiger partial charge >= 0.3 is 6.03 Å². The average Bonchev–Trinajstić information content (AvgIpc) is 2.71. The number of hydrogen-bond donors (Lipinski definition) is 3. The third kappa shape index (κ3) is 6.17. The van der Waals surface area contributed by atoms with Crippen molar-refractivity contribution >= 4 is 21.6 Å². The van der Waals surface area contributed by atoms with Gasteiger partial charge in [0.05, 0.1) is 33.8 Å². The van der Waals surface area contributed by atoms with Crippen LogP contribution in [0.4, 0.5) is 10.5 Å². The van der Waals surface area contributed by atoms with Crippen molar-refractivity contribution in [1.29, 1.82) is 10.5 Å². The van der Waals surface area contributed by atoms with Gasteiger partial charge in [0.2, 0.25) is 0 Å². The molecule has 174 valence electrons. The van der Waals surface area contributed by atoms with Gasteiger partial charge in [0.25, 0.3) is 0 Å². The number of aliphatic hydroxyl groups is 1. The summed E-state index contributed by atoms with van der Waals surface area (Å²) in [5.41, 5.74) is 1.62. The number of hydrogen-bond acceptors (Lipinski definition) is 5. The van der Waals surface area contributed by atoms with Crippen LogP contribution in [0.3, 0.4) is 0 Å². The molecule has 0 aliphatic carbocycles. The second-order valence-corrected chi connectivity index (χ2v) is 10.7. The third-order valence-corrected chi connectivity index (χ3v) is 6.45. The Morgan fingerprint density at radius 2 is 1.52 bits per heavy atom. The Balaban J connectivity index is 2.59. The lowest BCUT2D eigenvalue weighted by Crippen LogP contribution is -2.21. The van der Waals surface area contributed by atoms with E-state index in [0.29, 0.717) is 16.8 Å². The molecule has 0 spiro atoms. The molecule has 0 saturated carbocycles. The molecule has 0 aliphatic heterocycles. The van der Waals surface area contributed by atoms with Crippen LogP contribution < -0.4 is 10.5 Å². The predicted molar refractivity (Wildman–Crippen MR) is 128 cm³/mol. The molecule has 2 amide bonds. The Morgan fingerprint density at radius 3 is 1.94 bits per heavy atom. The van der Waals surface area contributed by atoms with Crippen LogP contribution in [0, 0.1) is 22.7 Å². The zero-order chi connectivity index (χ0) is 25.1. The van der Waals surface area contributed by atoms with Gasteiger partial charge in [0, 0.05) is 5.69 Å². The van der Waals surface area contributed by atoms with E-state index in [-0.39, 0.29) is 22.3 Å². The molecular weight excluding hydrogens is 438 g/mol. The number of nitrogens with one attached hydrogen (secondary N) is 1. The van der Waals surface area contributed by atoms with E-state index in [0.717, 1.165) is 11.1 Å². The Morgan fingerprint density at radius 1 is 1.03 bits per heavy atom. The van der Waals surface area contributed by atoms with Crippen LogP contribution in [0.2, 0.25) is 0 Å². The van der Waals surface area contributed by atoms with E-state index in [4.69, 9.17) is 5.14 Å². The van der Waals surface area contributed by atoms with Crippen LogP contribution in [-0.2, 0) is 15.5 Å². The van der Waals surface area contributed by atoms with Crippen molar-refractivity contribution < 1.29 is 14.1 Å². The van der Waals surface area contributed by atoms with Crippen molar-refractivity contribution in [2.75, 3.05) is 5.32 Å². The van der Waals surface area contributed by atoms with Crippen molar-refractivity contribution in [3.8, 4) is 12.1 Å². The summed E-state index contributed by atoms with van der Waals surface area (Å²) in [4.78, 5) is 12.8. The molecule has 0 heterocycles. The highest BCUT2D eigenvalue weighted by Crippen LogP contribution is 2.34. The number of nitriles is 2. The quantitative estimate of drug-likeness (QED) is 0.574. The lowest BCUT2D eigenvalue weighted by Gasteiger charge is -2.20. The fourth-order valence-corrected chi connectivity index (χ4v) is 4.29. The number of urea groups is 1. The van der Waals surface area contributed by atoms with Crippen molar-refractivity contribution in [2.24, 2.45) is 9.50 Å². The smallest absolute Gasteiger partial charge is 0.354 e. The van der Waals surface area contributed by atoms with Crippen LogP contribution in [0.15, 0.2) is 39.6 Å². The highest BCUT2D eigenvalue weighted by molar-refractivity contribution is 7.91. The highest BCUT2D eigenvalue weighted by Gasteiger charge is 2.22. The lowest BCUT2D eigenvalue weighted by molar-refractivity contribution is 0.0783. The van der Waals surface area contributed by atoms with E-state index in [1.165, 1.54) is 32.0 Å². The molecule has 2 rings (SSSR count). The number of carbonyl (C=O) groups is 1. The third-order valence-electron chi connectivity index (χ3n) is 5.10. The monoisotopic (exact) mass is 467 g/mol. The van der Waals surface area contributed by atoms with Gasteiger partial charge < -0.3 is 10.4 Å². The molecule has 9 heteroatoms.